The van der Waals surface area contributed by atoms with E-state index in [2.05, 4.69) is 30.2 Å². The van der Waals surface area contributed by atoms with E-state index in [9.17, 15) is 0 Å². The van der Waals surface area contributed by atoms with Crippen molar-refractivity contribution in [2.45, 2.75) is 6.29 Å². The number of nitrogens with one attached hydrogen (secondary N) is 1. The van der Waals surface area contributed by atoms with Crippen LogP contribution in [-0.4, -0.2) is 27.4 Å². The number of aliphatic hydroxyl groups is 2. The van der Waals surface area contributed by atoms with Crippen molar-refractivity contribution in [3.05, 3.63) is 0 Å². The van der Waals surface area contributed by atoms with Gasteiger partial charge in [-0.1, -0.05) is 4.32 Å². The summed E-state index contributed by atoms with van der Waals surface area (Å²) in [6.45, 7) is 0.00231. The molecule has 0 aromatic heterocycles. The van der Waals surface area contributed by atoms with Crippen LogP contribution < -0.4 is 56.7 Å². The second-order valence-electron chi connectivity index (χ2n) is 1.15. The fraction of sp³-hybridized carbons (Fsp3) is 0.667. The van der Waals surface area contributed by atoms with E-state index in [1.165, 1.54) is 0 Å². The first-order valence-corrected chi connectivity index (χ1v) is 2.75. The first-order chi connectivity index (χ1) is 3.63. The molecule has 48 valence electrons. The van der Waals surface area contributed by atoms with Gasteiger partial charge in [0.05, 0.1) is 6.54 Å². The molecule has 0 radical (unpaired) electrons. The monoisotopic (exact) mass is 191 g/mol. The smallest absolute Gasteiger partial charge is 0.412 e. The predicted octanol–water partition coefficient (Wildman–Crippen LogP) is -4.28. The fourth-order valence-electron chi connectivity index (χ4n) is 0.175. The molecular weight excluding hydrogens is 185 g/mol. The summed E-state index contributed by atoms with van der Waals surface area (Å²) in [6.07, 6.45) is -1.38. The van der Waals surface area contributed by atoms with Crippen LogP contribution in [0.5, 0.6) is 0 Å². The van der Waals surface area contributed by atoms with Crippen LogP contribution in [0.4, 0.5) is 0 Å². The van der Waals surface area contributed by atoms with Crippen molar-refractivity contribution < 1.29 is 61.6 Å². The van der Waals surface area contributed by atoms with E-state index in [1.54, 1.807) is 0 Å². The molecule has 0 aliphatic carbocycles. The van der Waals surface area contributed by atoms with Crippen LogP contribution in [0.1, 0.15) is 0 Å². The Kier molecular flexibility index (Phi) is 11.5. The van der Waals surface area contributed by atoms with Gasteiger partial charge in [0.2, 0.25) is 0 Å². The van der Waals surface area contributed by atoms with Gasteiger partial charge in [0, 0.05) is 0 Å². The minimum absolute atomic E-state index is 0. The molecule has 0 aliphatic rings. The number of aliphatic hydroxyl groups excluding tert-OH is 1. The zero-order chi connectivity index (χ0) is 6.57. The Labute approximate surface area is 107 Å². The summed E-state index contributed by atoms with van der Waals surface area (Å²) in [4.78, 5) is 0. The fourth-order valence-corrected chi connectivity index (χ4v) is 0.341. The van der Waals surface area contributed by atoms with E-state index in [4.69, 9.17) is 10.2 Å². The average Bonchev–Trinajstić information content (AvgIpc) is 1.61. The van der Waals surface area contributed by atoms with E-state index in [0.29, 0.717) is 0 Å². The molecule has 0 saturated carbocycles. The van der Waals surface area contributed by atoms with E-state index >= 15 is 0 Å². The normalized spacial score (nSPS) is 8.33. The third kappa shape index (κ3) is 12.8. The number of hydrogen-bond acceptors (Lipinski definition) is 4. The molecule has 0 atom stereocenters. The summed E-state index contributed by atoms with van der Waals surface area (Å²) in [7, 11) is 0. The molecule has 0 heterocycles. The van der Waals surface area contributed by atoms with Crippen molar-refractivity contribution in [2.75, 3.05) is 6.54 Å². The summed E-state index contributed by atoms with van der Waals surface area (Å²) in [5, 5.41) is 18.8. The molecule has 6 heteroatoms. The largest absolute Gasteiger partial charge is 1.00 e. The predicted molar refractivity (Wildman–Crippen MR) is 36.2 cm³/mol. The Hall–Kier alpha value is 1.67. The zero-order valence-corrected chi connectivity index (χ0v) is 9.75. The number of thiocarbonyl (C=S) groups is 1. The van der Waals surface area contributed by atoms with Crippen LogP contribution in [0.15, 0.2) is 0 Å². The molecule has 3 nitrogen and oxygen atoms in total. The first kappa shape index (κ1) is 13.3. The van der Waals surface area contributed by atoms with Gasteiger partial charge in [-0.25, -0.2) is 0 Å². The van der Waals surface area contributed by atoms with Gasteiger partial charge in [0.1, 0.15) is 0 Å². The van der Waals surface area contributed by atoms with Crippen LogP contribution >= 0.6 is 12.2 Å². The van der Waals surface area contributed by atoms with Crippen LogP contribution in [0.3, 0.4) is 0 Å². The average molecular weight is 191 g/mol. The molecule has 0 unspecified atom stereocenters. The van der Waals surface area contributed by atoms with Gasteiger partial charge in [-0.3, -0.25) is 0 Å². The molecule has 0 amide bonds. The Bertz CT molecular complexity index is 89.9. The van der Waals surface area contributed by atoms with E-state index in [-0.39, 0.29) is 62.2 Å². The molecular formula is C3H6KNO2S2. The van der Waals surface area contributed by atoms with Gasteiger partial charge < -0.3 is 40.4 Å². The standard InChI is InChI=1S/C3H7NO2S2.K/c5-2(6)1-4-3(7)8;/h2,5-6H,1H2,(H2,4,7,8);/q;+1/p-1. The molecule has 0 spiro atoms. The van der Waals surface area contributed by atoms with Crippen LogP contribution in [0.2, 0.25) is 0 Å². The molecule has 0 saturated heterocycles. The van der Waals surface area contributed by atoms with Gasteiger partial charge in [-0.15, -0.1) is 0 Å². The van der Waals surface area contributed by atoms with Crippen LogP contribution in [0, 0.1) is 0 Å². The number of rotatable bonds is 2. The third-order valence-electron chi connectivity index (χ3n) is 0.429. The molecule has 0 rings (SSSR count). The van der Waals surface area contributed by atoms with Crippen LogP contribution in [0.25, 0.3) is 0 Å². The second kappa shape index (κ2) is 7.77. The maximum Gasteiger partial charge on any atom is 1.00 e. The Morgan fingerprint density at radius 3 is 2.22 bits per heavy atom. The topological polar surface area (TPSA) is 52.5 Å². The van der Waals surface area contributed by atoms with E-state index < -0.39 is 6.29 Å². The van der Waals surface area contributed by atoms with Gasteiger partial charge in [-0.05, 0) is 0 Å². The minimum Gasteiger partial charge on any atom is -0.412 e. The number of hydrogen-bond donors (Lipinski definition) is 3. The summed E-state index contributed by atoms with van der Waals surface area (Å²) in [6, 6.07) is 0. The van der Waals surface area contributed by atoms with Gasteiger partial charge in [0.25, 0.3) is 0 Å². The molecule has 0 aromatic carbocycles. The van der Waals surface area contributed by atoms with Crippen molar-refractivity contribution in [3.63, 3.8) is 0 Å². The zero-order valence-electron chi connectivity index (χ0n) is 5.00. The maximum absolute atomic E-state index is 8.19. The van der Waals surface area contributed by atoms with Crippen LogP contribution in [-0.2, 0) is 12.6 Å². The first-order valence-electron chi connectivity index (χ1n) is 1.94. The van der Waals surface area contributed by atoms with Gasteiger partial charge in [0.15, 0.2) is 6.29 Å². The molecule has 0 aromatic rings. The second-order valence-corrected chi connectivity index (χ2v) is 2.22. The Morgan fingerprint density at radius 1 is 1.67 bits per heavy atom. The van der Waals surface area contributed by atoms with Crippen molar-refractivity contribution in [1.29, 1.82) is 0 Å². The maximum atomic E-state index is 8.19. The molecule has 0 fully saturated rings. The molecule has 3 N–H and O–H groups in total. The molecule has 9 heavy (non-hydrogen) atoms. The van der Waals surface area contributed by atoms with Crippen molar-refractivity contribution in [3.8, 4) is 0 Å². The Balaban J connectivity index is 0. The Morgan fingerprint density at radius 2 is 2.11 bits per heavy atom. The summed E-state index contributed by atoms with van der Waals surface area (Å²) < 4.78 is 0.151. The third-order valence-corrected chi connectivity index (χ3v) is 0.718. The summed E-state index contributed by atoms with van der Waals surface area (Å²) in [5.74, 6) is 0. The summed E-state index contributed by atoms with van der Waals surface area (Å²) in [5.41, 5.74) is 0. The quantitative estimate of drug-likeness (QED) is 0.179. The van der Waals surface area contributed by atoms with E-state index in [0.717, 1.165) is 0 Å². The van der Waals surface area contributed by atoms with E-state index in [1.807, 2.05) is 0 Å². The molecule has 0 aliphatic heterocycles. The van der Waals surface area contributed by atoms with Crippen molar-refractivity contribution >= 4 is 29.2 Å². The van der Waals surface area contributed by atoms with Crippen molar-refractivity contribution in [2.24, 2.45) is 0 Å². The SMILES string of the molecule is OC(O)CNC(=S)[S-].[K+]. The molecule has 0 bridgehead atoms. The van der Waals surface area contributed by atoms with Crippen molar-refractivity contribution in [1.82, 2.24) is 5.32 Å². The van der Waals surface area contributed by atoms with Gasteiger partial charge in [-0.2, -0.15) is 0 Å². The summed E-state index contributed by atoms with van der Waals surface area (Å²) >= 11 is 8.79. The van der Waals surface area contributed by atoms with Gasteiger partial charge >= 0.3 is 51.4 Å². The minimum atomic E-state index is -1.38.